The van der Waals surface area contributed by atoms with Crippen LogP contribution in [-0.2, 0) is 12.8 Å². The maximum absolute atomic E-state index is 9.96. The van der Waals surface area contributed by atoms with Gasteiger partial charge in [-0.25, -0.2) is 0 Å². The zero-order valence-corrected chi connectivity index (χ0v) is 14.3. The van der Waals surface area contributed by atoms with Gasteiger partial charge in [-0.1, -0.05) is 26.9 Å². The number of aromatic hydroxyl groups is 1. The van der Waals surface area contributed by atoms with Gasteiger partial charge in [-0.05, 0) is 48.2 Å². The van der Waals surface area contributed by atoms with Crippen molar-refractivity contribution < 1.29 is 14.3 Å². The van der Waals surface area contributed by atoms with Crippen molar-refractivity contribution in [2.75, 3.05) is 6.23 Å². The third-order valence-corrected chi connectivity index (χ3v) is 6.28. The lowest BCUT2D eigenvalue weighted by atomic mass is 10.1. The SMILES string of the molecule is CCc1cc(OC[Si](C)(C)c2ccco2)c(CC)cc1O. The summed E-state index contributed by atoms with van der Waals surface area (Å²) in [5.74, 6) is 1.25. The molecule has 0 spiro atoms. The molecule has 114 valence electrons. The highest BCUT2D eigenvalue weighted by molar-refractivity contribution is 6.88. The van der Waals surface area contributed by atoms with Gasteiger partial charge >= 0.3 is 0 Å². The highest BCUT2D eigenvalue weighted by Gasteiger charge is 2.28. The van der Waals surface area contributed by atoms with Gasteiger partial charge in [0, 0.05) is 0 Å². The zero-order valence-electron chi connectivity index (χ0n) is 13.3. The normalized spacial score (nSPS) is 11.6. The van der Waals surface area contributed by atoms with Gasteiger partial charge in [0.05, 0.1) is 17.9 Å². The third-order valence-electron chi connectivity index (χ3n) is 3.80. The van der Waals surface area contributed by atoms with Crippen molar-refractivity contribution in [3.8, 4) is 11.5 Å². The Hall–Kier alpha value is -1.68. The van der Waals surface area contributed by atoms with Crippen molar-refractivity contribution in [2.45, 2.75) is 39.8 Å². The van der Waals surface area contributed by atoms with Gasteiger partial charge in [0.1, 0.15) is 11.5 Å². The fraction of sp³-hybridized carbons (Fsp3) is 0.412. The summed E-state index contributed by atoms with van der Waals surface area (Å²) in [5.41, 5.74) is 1.98. The topological polar surface area (TPSA) is 42.6 Å². The molecule has 0 amide bonds. The van der Waals surface area contributed by atoms with E-state index in [2.05, 4.69) is 20.0 Å². The number of phenols is 1. The Labute approximate surface area is 127 Å². The van der Waals surface area contributed by atoms with Gasteiger partial charge in [0.2, 0.25) is 0 Å². The molecule has 0 unspecified atom stereocenters. The number of hydrogen-bond acceptors (Lipinski definition) is 3. The molecule has 0 saturated heterocycles. The van der Waals surface area contributed by atoms with Crippen molar-refractivity contribution in [2.24, 2.45) is 0 Å². The first-order valence-electron chi connectivity index (χ1n) is 7.49. The molecular weight excluding hydrogens is 280 g/mol. The van der Waals surface area contributed by atoms with E-state index in [-0.39, 0.29) is 0 Å². The Morgan fingerprint density at radius 3 is 2.43 bits per heavy atom. The van der Waals surface area contributed by atoms with Gasteiger partial charge in [0.25, 0.3) is 0 Å². The van der Waals surface area contributed by atoms with E-state index in [9.17, 15) is 5.11 Å². The maximum atomic E-state index is 9.96. The number of benzene rings is 1. The molecule has 0 saturated carbocycles. The standard InChI is InChI=1S/C17H24O3Si/c1-5-13-11-16(14(6-2)10-15(13)18)20-12-21(3,4)17-8-7-9-19-17/h7-11,18H,5-6,12H2,1-4H3. The average Bonchev–Trinajstić information content (AvgIpc) is 3.00. The van der Waals surface area contributed by atoms with Crippen molar-refractivity contribution >= 4 is 13.5 Å². The molecule has 0 fully saturated rings. The molecule has 1 aromatic heterocycles. The molecule has 4 heteroatoms. The summed E-state index contributed by atoms with van der Waals surface area (Å²) < 4.78 is 11.7. The van der Waals surface area contributed by atoms with Crippen LogP contribution in [0.25, 0.3) is 0 Å². The minimum Gasteiger partial charge on any atom is -0.508 e. The molecule has 0 atom stereocenters. The Morgan fingerprint density at radius 1 is 1.14 bits per heavy atom. The first-order chi connectivity index (χ1) is 9.97. The predicted octanol–water partition coefficient (Wildman–Crippen LogP) is 3.64. The van der Waals surface area contributed by atoms with E-state index in [1.807, 2.05) is 31.2 Å². The van der Waals surface area contributed by atoms with Crippen LogP contribution in [0.2, 0.25) is 13.1 Å². The number of aryl methyl sites for hydroxylation is 2. The highest BCUT2D eigenvalue weighted by Crippen LogP contribution is 2.29. The summed E-state index contributed by atoms with van der Waals surface area (Å²) in [6, 6.07) is 7.76. The molecule has 3 nitrogen and oxygen atoms in total. The number of ether oxygens (including phenoxy) is 1. The third kappa shape index (κ3) is 3.50. The van der Waals surface area contributed by atoms with Crippen LogP contribution in [0.1, 0.15) is 25.0 Å². The average molecular weight is 304 g/mol. The van der Waals surface area contributed by atoms with Crippen molar-refractivity contribution in [1.82, 2.24) is 0 Å². The van der Waals surface area contributed by atoms with E-state index < -0.39 is 8.07 Å². The van der Waals surface area contributed by atoms with Gasteiger partial charge in [-0.15, -0.1) is 0 Å². The predicted molar refractivity (Wildman–Crippen MR) is 88.2 cm³/mol. The fourth-order valence-corrected chi connectivity index (χ4v) is 3.93. The molecule has 0 aliphatic carbocycles. The fourth-order valence-electron chi connectivity index (χ4n) is 2.34. The minimum atomic E-state index is -1.74. The van der Waals surface area contributed by atoms with Crippen LogP contribution in [0.15, 0.2) is 34.9 Å². The smallest absolute Gasteiger partial charge is 0.168 e. The van der Waals surface area contributed by atoms with Crippen LogP contribution >= 0.6 is 0 Å². The Kier molecular flexibility index (Phi) is 4.78. The lowest BCUT2D eigenvalue weighted by Gasteiger charge is -2.21. The summed E-state index contributed by atoms with van der Waals surface area (Å²) in [7, 11) is -1.74. The first-order valence-corrected chi connectivity index (χ1v) is 10.7. The molecule has 1 heterocycles. The second-order valence-corrected chi connectivity index (χ2v) is 10.5. The molecule has 0 aliphatic rings. The van der Waals surface area contributed by atoms with Gasteiger partial charge in [-0.2, -0.15) is 0 Å². The lowest BCUT2D eigenvalue weighted by molar-refractivity contribution is 0.371. The van der Waals surface area contributed by atoms with Crippen molar-refractivity contribution in [1.29, 1.82) is 0 Å². The lowest BCUT2D eigenvalue weighted by Crippen LogP contribution is -2.46. The first kappa shape index (κ1) is 15.7. The summed E-state index contributed by atoms with van der Waals surface area (Å²) in [6.45, 7) is 8.57. The van der Waals surface area contributed by atoms with Gasteiger partial charge in [0.15, 0.2) is 8.07 Å². The maximum Gasteiger partial charge on any atom is 0.168 e. The van der Waals surface area contributed by atoms with Gasteiger partial charge < -0.3 is 14.3 Å². The van der Waals surface area contributed by atoms with Crippen LogP contribution in [0.4, 0.5) is 0 Å². The minimum absolute atomic E-state index is 0.365. The Bertz CT molecular complexity index is 588. The monoisotopic (exact) mass is 304 g/mol. The summed E-state index contributed by atoms with van der Waals surface area (Å²) in [5, 5.41) is 11.0. The Morgan fingerprint density at radius 2 is 1.86 bits per heavy atom. The van der Waals surface area contributed by atoms with Crippen molar-refractivity contribution in [3.63, 3.8) is 0 Å². The second kappa shape index (κ2) is 6.39. The van der Waals surface area contributed by atoms with E-state index in [4.69, 9.17) is 9.15 Å². The van der Waals surface area contributed by atoms with Crippen molar-refractivity contribution in [3.05, 3.63) is 41.7 Å². The van der Waals surface area contributed by atoms with Gasteiger partial charge in [-0.3, -0.25) is 0 Å². The quantitative estimate of drug-likeness (QED) is 0.828. The molecule has 2 rings (SSSR count). The molecule has 1 N–H and O–H groups in total. The summed E-state index contributed by atoms with van der Waals surface area (Å²) >= 11 is 0. The number of phenolic OH excluding ortho intramolecular Hbond substituents is 1. The molecule has 1 aromatic carbocycles. The second-order valence-electron chi connectivity index (χ2n) is 5.95. The van der Waals surface area contributed by atoms with Crippen LogP contribution in [0.5, 0.6) is 11.5 Å². The molecule has 0 bridgehead atoms. The van der Waals surface area contributed by atoms with Crippen LogP contribution < -0.4 is 10.1 Å². The highest BCUT2D eigenvalue weighted by atomic mass is 28.3. The number of hydrogen-bond donors (Lipinski definition) is 1. The molecule has 0 aliphatic heterocycles. The van der Waals surface area contributed by atoms with E-state index >= 15 is 0 Å². The molecular formula is C17H24O3Si. The van der Waals surface area contributed by atoms with E-state index in [1.54, 1.807) is 6.26 Å². The van der Waals surface area contributed by atoms with E-state index in [1.165, 1.54) is 0 Å². The zero-order chi connectivity index (χ0) is 15.5. The van der Waals surface area contributed by atoms with E-state index in [0.717, 1.165) is 35.1 Å². The van der Waals surface area contributed by atoms with Crippen LogP contribution in [0.3, 0.4) is 0 Å². The number of furan rings is 1. The molecule has 2 aromatic rings. The largest absolute Gasteiger partial charge is 0.508 e. The summed E-state index contributed by atoms with van der Waals surface area (Å²) in [4.78, 5) is 0. The Balaban J connectivity index is 2.19. The van der Waals surface area contributed by atoms with Crippen LogP contribution in [-0.4, -0.2) is 19.4 Å². The van der Waals surface area contributed by atoms with E-state index in [0.29, 0.717) is 12.0 Å². The molecule has 21 heavy (non-hydrogen) atoms. The summed E-state index contributed by atoms with van der Waals surface area (Å²) in [6.07, 6.45) is 4.03. The number of rotatable bonds is 6. The molecule has 0 radical (unpaired) electrons. The van der Waals surface area contributed by atoms with Crippen LogP contribution in [0, 0.1) is 0 Å².